The molecule has 1 saturated heterocycles. The van der Waals surface area contributed by atoms with Gasteiger partial charge in [0.2, 0.25) is 0 Å². The Kier molecular flexibility index (Phi) is 7.11. The Morgan fingerprint density at radius 1 is 1.17 bits per heavy atom. The van der Waals surface area contributed by atoms with Gasteiger partial charge in [-0.25, -0.2) is 0 Å². The maximum atomic E-state index is 12.4. The SMILES string of the molecule is CCOC(=O)CN1C(=O)SC(=Cc2ccc(OCc3ccccc3)c(Br)c2)C1=O. The molecule has 1 aliphatic heterocycles. The van der Waals surface area contributed by atoms with E-state index in [-0.39, 0.29) is 18.1 Å². The standard InChI is InChI=1S/C21H18BrNO5S/c1-2-27-19(24)12-23-20(25)18(29-21(23)26)11-15-8-9-17(16(22)10-15)28-13-14-6-4-3-5-7-14/h3-11H,2,12-13H2,1H3. The Balaban J connectivity index is 1.68. The molecule has 1 fully saturated rings. The van der Waals surface area contributed by atoms with Crippen LogP contribution in [-0.4, -0.2) is 35.2 Å². The zero-order chi connectivity index (χ0) is 20.8. The Hall–Kier alpha value is -2.58. The summed E-state index contributed by atoms with van der Waals surface area (Å²) in [7, 11) is 0. The van der Waals surface area contributed by atoms with Gasteiger partial charge in [0.15, 0.2) is 0 Å². The Bertz CT molecular complexity index is 961. The van der Waals surface area contributed by atoms with Gasteiger partial charge in [-0.15, -0.1) is 0 Å². The van der Waals surface area contributed by atoms with E-state index in [1.165, 1.54) is 0 Å². The molecule has 0 atom stereocenters. The lowest BCUT2D eigenvalue weighted by Gasteiger charge is -2.11. The average Bonchev–Trinajstić information content (AvgIpc) is 2.96. The molecular formula is C21H18BrNO5S. The monoisotopic (exact) mass is 475 g/mol. The van der Waals surface area contributed by atoms with Crippen molar-refractivity contribution in [2.45, 2.75) is 13.5 Å². The molecule has 8 heteroatoms. The molecule has 150 valence electrons. The Morgan fingerprint density at radius 3 is 2.62 bits per heavy atom. The van der Waals surface area contributed by atoms with Gasteiger partial charge >= 0.3 is 5.97 Å². The highest BCUT2D eigenvalue weighted by Gasteiger charge is 2.36. The van der Waals surface area contributed by atoms with Crippen LogP contribution < -0.4 is 4.74 Å². The third-order valence-electron chi connectivity index (χ3n) is 3.96. The molecule has 3 rings (SSSR count). The summed E-state index contributed by atoms with van der Waals surface area (Å²) < 4.78 is 11.3. The molecule has 1 heterocycles. The highest BCUT2D eigenvalue weighted by atomic mass is 79.9. The lowest BCUT2D eigenvalue weighted by Crippen LogP contribution is -2.34. The number of imide groups is 1. The molecule has 0 N–H and O–H groups in total. The molecule has 2 aromatic carbocycles. The van der Waals surface area contributed by atoms with Crippen molar-refractivity contribution in [2.24, 2.45) is 0 Å². The number of carbonyl (C=O) groups is 3. The molecule has 0 spiro atoms. The number of thioether (sulfide) groups is 1. The number of ether oxygens (including phenoxy) is 2. The van der Waals surface area contributed by atoms with Crippen molar-refractivity contribution in [3.8, 4) is 5.75 Å². The second kappa shape index (κ2) is 9.76. The van der Waals surface area contributed by atoms with Gasteiger partial charge in [0, 0.05) is 0 Å². The van der Waals surface area contributed by atoms with Crippen molar-refractivity contribution in [3.63, 3.8) is 0 Å². The molecule has 0 aliphatic carbocycles. The van der Waals surface area contributed by atoms with Gasteiger partial charge in [0.05, 0.1) is 16.0 Å². The van der Waals surface area contributed by atoms with Gasteiger partial charge in [0.1, 0.15) is 18.9 Å². The van der Waals surface area contributed by atoms with E-state index in [1.54, 1.807) is 31.2 Å². The summed E-state index contributed by atoms with van der Waals surface area (Å²) in [6.45, 7) is 1.91. The fourth-order valence-corrected chi connectivity index (χ4v) is 3.93. The minimum Gasteiger partial charge on any atom is -0.488 e. The van der Waals surface area contributed by atoms with Crippen LogP contribution in [0.1, 0.15) is 18.1 Å². The highest BCUT2D eigenvalue weighted by molar-refractivity contribution is 9.10. The van der Waals surface area contributed by atoms with Crippen molar-refractivity contribution in [1.82, 2.24) is 4.90 Å². The maximum absolute atomic E-state index is 12.4. The van der Waals surface area contributed by atoms with Crippen molar-refractivity contribution >= 4 is 50.9 Å². The van der Waals surface area contributed by atoms with Gasteiger partial charge in [-0.1, -0.05) is 36.4 Å². The predicted octanol–water partition coefficient (Wildman–Crippen LogP) is 4.63. The molecule has 1 aliphatic rings. The van der Waals surface area contributed by atoms with Crippen molar-refractivity contribution in [2.75, 3.05) is 13.2 Å². The van der Waals surface area contributed by atoms with Crippen LogP contribution in [0.25, 0.3) is 6.08 Å². The third-order valence-corrected chi connectivity index (χ3v) is 5.48. The summed E-state index contributed by atoms with van der Waals surface area (Å²) in [5.74, 6) is -0.450. The molecule has 0 radical (unpaired) electrons. The number of hydrogen-bond acceptors (Lipinski definition) is 6. The summed E-state index contributed by atoms with van der Waals surface area (Å²) in [5.41, 5.74) is 1.78. The van der Waals surface area contributed by atoms with E-state index in [4.69, 9.17) is 9.47 Å². The first-order chi connectivity index (χ1) is 14.0. The minimum absolute atomic E-state index is 0.192. The summed E-state index contributed by atoms with van der Waals surface area (Å²) in [4.78, 5) is 37.2. The highest BCUT2D eigenvalue weighted by Crippen LogP contribution is 2.34. The molecule has 29 heavy (non-hydrogen) atoms. The Labute approximate surface area is 181 Å². The summed E-state index contributed by atoms with van der Waals surface area (Å²) >= 11 is 4.27. The number of hydrogen-bond donors (Lipinski definition) is 0. The summed E-state index contributed by atoms with van der Waals surface area (Å²) in [6, 6.07) is 15.2. The van der Waals surface area contributed by atoms with Crippen LogP contribution >= 0.6 is 27.7 Å². The van der Waals surface area contributed by atoms with Crippen molar-refractivity contribution in [1.29, 1.82) is 0 Å². The molecule has 0 aromatic heterocycles. The van der Waals surface area contributed by atoms with Crippen LogP contribution in [0.2, 0.25) is 0 Å². The number of carbonyl (C=O) groups excluding carboxylic acids is 3. The van der Waals surface area contributed by atoms with E-state index >= 15 is 0 Å². The molecular weight excluding hydrogens is 458 g/mol. The zero-order valence-corrected chi connectivity index (χ0v) is 18.0. The van der Waals surface area contributed by atoms with Crippen molar-refractivity contribution < 1.29 is 23.9 Å². The van der Waals surface area contributed by atoms with E-state index in [0.29, 0.717) is 12.4 Å². The second-order valence-electron chi connectivity index (χ2n) is 6.04. The Morgan fingerprint density at radius 2 is 1.93 bits per heavy atom. The molecule has 0 saturated carbocycles. The van der Waals surface area contributed by atoms with Crippen LogP contribution in [0.4, 0.5) is 4.79 Å². The number of nitrogens with zero attached hydrogens (tertiary/aromatic N) is 1. The van der Waals surface area contributed by atoms with E-state index in [1.807, 2.05) is 30.3 Å². The van der Waals surface area contributed by atoms with Crippen LogP contribution in [0.5, 0.6) is 5.75 Å². The molecule has 0 unspecified atom stereocenters. The van der Waals surface area contributed by atoms with Crippen LogP contribution in [0.3, 0.4) is 0 Å². The number of amides is 2. The maximum Gasteiger partial charge on any atom is 0.326 e. The topological polar surface area (TPSA) is 72.9 Å². The number of esters is 1. The first-order valence-electron chi connectivity index (χ1n) is 8.85. The quantitative estimate of drug-likeness (QED) is 0.429. The molecule has 2 aromatic rings. The minimum atomic E-state index is -0.612. The fraction of sp³-hybridized carbons (Fsp3) is 0.190. The molecule has 0 bridgehead atoms. The lowest BCUT2D eigenvalue weighted by atomic mass is 10.2. The van der Waals surface area contributed by atoms with Crippen LogP contribution in [-0.2, 0) is 20.9 Å². The van der Waals surface area contributed by atoms with E-state index < -0.39 is 17.1 Å². The molecule has 6 nitrogen and oxygen atoms in total. The van der Waals surface area contributed by atoms with Crippen molar-refractivity contribution in [3.05, 3.63) is 69.0 Å². The second-order valence-corrected chi connectivity index (χ2v) is 7.88. The smallest absolute Gasteiger partial charge is 0.326 e. The van der Waals surface area contributed by atoms with Crippen LogP contribution in [0, 0.1) is 0 Å². The van der Waals surface area contributed by atoms with Gasteiger partial charge in [0.25, 0.3) is 11.1 Å². The third kappa shape index (κ3) is 5.48. The average molecular weight is 476 g/mol. The number of benzene rings is 2. The normalized spacial score (nSPS) is 15.1. The predicted molar refractivity (Wildman–Crippen MR) is 114 cm³/mol. The number of rotatable bonds is 7. The van der Waals surface area contributed by atoms with E-state index in [2.05, 4.69) is 15.9 Å². The summed E-state index contributed by atoms with van der Waals surface area (Å²) in [6.07, 6.45) is 1.61. The summed E-state index contributed by atoms with van der Waals surface area (Å²) in [5, 5.41) is -0.490. The molecule has 2 amide bonds. The van der Waals surface area contributed by atoms with Crippen LogP contribution in [0.15, 0.2) is 57.9 Å². The van der Waals surface area contributed by atoms with Gasteiger partial charge < -0.3 is 9.47 Å². The number of halogens is 1. The zero-order valence-electron chi connectivity index (χ0n) is 15.6. The van der Waals surface area contributed by atoms with Gasteiger partial charge in [-0.3, -0.25) is 19.3 Å². The van der Waals surface area contributed by atoms with E-state index in [0.717, 1.165) is 32.3 Å². The lowest BCUT2D eigenvalue weighted by molar-refractivity contribution is -0.145. The first-order valence-corrected chi connectivity index (χ1v) is 10.5. The largest absolute Gasteiger partial charge is 0.488 e. The van der Waals surface area contributed by atoms with E-state index in [9.17, 15) is 14.4 Å². The fourth-order valence-electron chi connectivity index (χ4n) is 2.58. The van der Waals surface area contributed by atoms with Gasteiger partial charge in [-0.2, -0.15) is 0 Å². The first kappa shape index (κ1) is 21.1. The van der Waals surface area contributed by atoms with Gasteiger partial charge in [-0.05, 0) is 64.0 Å².